The van der Waals surface area contributed by atoms with E-state index in [4.69, 9.17) is 0 Å². The lowest BCUT2D eigenvalue weighted by Gasteiger charge is -2.43. The van der Waals surface area contributed by atoms with Gasteiger partial charge in [0.1, 0.15) is 0 Å². The van der Waals surface area contributed by atoms with Gasteiger partial charge in [0.25, 0.3) is 0 Å². The molecule has 23 heavy (non-hydrogen) atoms. The molecule has 2 saturated carbocycles. The lowest BCUT2D eigenvalue weighted by Crippen LogP contribution is -2.55. The lowest BCUT2D eigenvalue weighted by atomic mass is 9.71. The molecule has 1 heterocycles. The molecule has 1 atom stereocenters. The van der Waals surface area contributed by atoms with Crippen molar-refractivity contribution in [2.75, 3.05) is 19.6 Å². The lowest BCUT2D eigenvalue weighted by molar-refractivity contribution is 0.0116. The van der Waals surface area contributed by atoms with Crippen molar-refractivity contribution >= 4 is 6.03 Å². The van der Waals surface area contributed by atoms with E-state index in [0.29, 0.717) is 17.8 Å². The summed E-state index contributed by atoms with van der Waals surface area (Å²) < 4.78 is 0. The van der Waals surface area contributed by atoms with Gasteiger partial charge in [0.15, 0.2) is 0 Å². The Kier molecular flexibility index (Phi) is 6.17. The zero-order valence-electron chi connectivity index (χ0n) is 14.2. The summed E-state index contributed by atoms with van der Waals surface area (Å²) in [6.07, 6.45) is 10.3. The van der Waals surface area contributed by atoms with Gasteiger partial charge >= 0.3 is 6.03 Å². The summed E-state index contributed by atoms with van der Waals surface area (Å²) in [6.45, 7) is 2.90. The van der Waals surface area contributed by atoms with E-state index in [0.717, 1.165) is 45.3 Å². The van der Waals surface area contributed by atoms with Crippen molar-refractivity contribution in [2.24, 2.45) is 17.8 Å². The normalized spacial score (nSPS) is 31.2. The zero-order chi connectivity index (χ0) is 16.1. The van der Waals surface area contributed by atoms with Crippen molar-refractivity contribution < 1.29 is 9.90 Å². The maximum absolute atomic E-state index is 12.4. The highest BCUT2D eigenvalue weighted by atomic mass is 16.3. The van der Waals surface area contributed by atoms with Crippen LogP contribution in [-0.2, 0) is 0 Å². The van der Waals surface area contributed by atoms with Gasteiger partial charge in [-0.3, -0.25) is 0 Å². The first kappa shape index (κ1) is 17.0. The Morgan fingerprint density at radius 1 is 1.04 bits per heavy atom. The highest BCUT2D eigenvalue weighted by Crippen LogP contribution is 2.35. The maximum atomic E-state index is 12.4. The molecule has 1 saturated heterocycles. The van der Waals surface area contributed by atoms with Crippen LogP contribution in [0.3, 0.4) is 0 Å². The van der Waals surface area contributed by atoms with Crippen LogP contribution in [0.5, 0.6) is 0 Å². The number of aliphatic hydroxyl groups excluding tert-OH is 1. The average molecular weight is 323 g/mol. The van der Waals surface area contributed by atoms with Crippen LogP contribution in [0, 0.1) is 17.8 Å². The molecule has 2 aliphatic carbocycles. The summed E-state index contributed by atoms with van der Waals surface area (Å²) in [5.41, 5.74) is 0. The topological polar surface area (TPSA) is 73.4 Å². The van der Waals surface area contributed by atoms with Crippen LogP contribution in [0.1, 0.15) is 57.8 Å². The predicted molar refractivity (Wildman–Crippen MR) is 91.2 cm³/mol. The first-order chi connectivity index (χ1) is 11.2. The van der Waals surface area contributed by atoms with E-state index in [1.165, 1.54) is 32.1 Å². The smallest absolute Gasteiger partial charge is 0.315 e. The number of hydrogen-bond donors (Lipinski definition) is 4. The van der Waals surface area contributed by atoms with Crippen LogP contribution < -0.4 is 16.0 Å². The molecule has 1 aliphatic heterocycles. The number of piperidine rings is 1. The summed E-state index contributed by atoms with van der Waals surface area (Å²) in [4.78, 5) is 12.4. The second-order valence-electron chi connectivity index (χ2n) is 7.86. The van der Waals surface area contributed by atoms with E-state index in [1.807, 2.05) is 0 Å². The summed E-state index contributed by atoms with van der Waals surface area (Å²) in [5.74, 6) is 1.67. The molecule has 0 radical (unpaired) electrons. The molecule has 1 unspecified atom stereocenters. The second-order valence-corrected chi connectivity index (χ2v) is 7.86. The van der Waals surface area contributed by atoms with Crippen molar-refractivity contribution in [3.05, 3.63) is 0 Å². The van der Waals surface area contributed by atoms with Crippen molar-refractivity contribution in [1.29, 1.82) is 0 Å². The summed E-state index contributed by atoms with van der Waals surface area (Å²) in [7, 11) is 0. The molecule has 3 rings (SSSR count). The van der Waals surface area contributed by atoms with Gasteiger partial charge in [0.2, 0.25) is 0 Å². The molecular formula is C18H33N3O2. The van der Waals surface area contributed by atoms with Crippen LogP contribution in [0.4, 0.5) is 4.79 Å². The van der Waals surface area contributed by atoms with E-state index >= 15 is 0 Å². The maximum Gasteiger partial charge on any atom is 0.315 e. The minimum atomic E-state index is -0.156. The molecule has 0 spiro atoms. The SMILES string of the molecule is O=C(NCC1CCCCC1)NC(C1CCNCC1)C1CC(O)C1. The fraction of sp³-hybridized carbons (Fsp3) is 0.944. The number of nitrogens with one attached hydrogen (secondary N) is 3. The number of hydrogen-bond acceptors (Lipinski definition) is 3. The molecule has 132 valence electrons. The quantitative estimate of drug-likeness (QED) is 0.625. The Hall–Kier alpha value is -0.810. The third kappa shape index (κ3) is 4.83. The third-order valence-electron chi connectivity index (χ3n) is 6.12. The number of carbonyl (C=O) groups is 1. The molecule has 2 amide bonds. The minimum absolute atomic E-state index is 0.000459. The first-order valence-corrected chi connectivity index (χ1v) is 9.65. The highest BCUT2D eigenvalue weighted by Gasteiger charge is 2.39. The number of carbonyl (C=O) groups excluding carboxylic acids is 1. The molecular weight excluding hydrogens is 290 g/mol. The largest absolute Gasteiger partial charge is 0.393 e. The Morgan fingerprint density at radius 2 is 1.74 bits per heavy atom. The van der Waals surface area contributed by atoms with Gasteiger partial charge in [0, 0.05) is 12.6 Å². The van der Waals surface area contributed by atoms with E-state index in [9.17, 15) is 9.90 Å². The molecule has 0 aromatic heterocycles. The van der Waals surface area contributed by atoms with E-state index < -0.39 is 0 Å². The molecule has 3 aliphatic rings. The van der Waals surface area contributed by atoms with Gasteiger partial charge in [-0.25, -0.2) is 4.79 Å². The van der Waals surface area contributed by atoms with Crippen LogP contribution in [0.15, 0.2) is 0 Å². The van der Waals surface area contributed by atoms with Crippen molar-refractivity contribution in [3.8, 4) is 0 Å². The Bertz CT molecular complexity index is 372. The van der Waals surface area contributed by atoms with Crippen molar-refractivity contribution in [3.63, 3.8) is 0 Å². The fourth-order valence-electron chi connectivity index (χ4n) is 4.58. The van der Waals surface area contributed by atoms with Crippen LogP contribution in [0.25, 0.3) is 0 Å². The Labute approximate surface area is 140 Å². The summed E-state index contributed by atoms with van der Waals surface area (Å²) >= 11 is 0. The van der Waals surface area contributed by atoms with Crippen LogP contribution in [0.2, 0.25) is 0 Å². The minimum Gasteiger partial charge on any atom is -0.393 e. The molecule has 0 aromatic rings. The Balaban J connectivity index is 1.47. The van der Waals surface area contributed by atoms with Crippen LogP contribution in [-0.4, -0.2) is 42.9 Å². The number of urea groups is 1. The molecule has 5 heteroatoms. The highest BCUT2D eigenvalue weighted by molar-refractivity contribution is 5.74. The summed E-state index contributed by atoms with van der Waals surface area (Å²) in [5, 5.41) is 19.4. The number of rotatable bonds is 5. The molecule has 0 bridgehead atoms. The molecule has 5 nitrogen and oxygen atoms in total. The van der Waals surface area contributed by atoms with Gasteiger partial charge in [-0.15, -0.1) is 0 Å². The predicted octanol–water partition coefficient (Wildman–Crippen LogP) is 2.00. The van der Waals surface area contributed by atoms with Gasteiger partial charge < -0.3 is 21.1 Å². The Morgan fingerprint density at radius 3 is 2.39 bits per heavy atom. The standard InChI is InChI=1S/C18H33N3O2/c22-16-10-15(11-16)17(14-6-8-19-9-7-14)21-18(23)20-12-13-4-2-1-3-5-13/h13-17,19,22H,1-12H2,(H2,20,21,23). The van der Waals surface area contributed by atoms with Gasteiger partial charge in [-0.05, 0) is 69.4 Å². The van der Waals surface area contributed by atoms with E-state index in [1.54, 1.807) is 0 Å². The number of aliphatic hydroxyl groups is 1. The molecule has 0 aromatic carbocycles. The monoisotopic (exact) mass is 323 g/mol. The molecule has 3 fully saturated rings. The van der Waals surface area contributed by atoms with Gasteiger partial charge in [-0.1, -0.05) is 19.3 Å². The average Bonchev–Trinajstić information content (AvgIpc) is 2.57. The zero-order valence-corrected chi connectivity index (χ0v) is 14.2. The van der Waals surface area contributed by atoms with E-state index in [2.05, 4.69) is 16.0 Å². The summed E-state index contributed by atoms with van der Waals surface area (Å²) in [6, 6.07) is 0.229. The third-order valence-corrected chi connectivity index (χ3v) is 6.12. The molecule has 4 N–H and O–H groups in total. The fourth-order valence-corrected chi connectivity index (χ4v) is 4.58. The van der Waals surface area contributed by atoms with Gasteiger partial charge in [-0.2, -0.15) is 0 Å². The number of amides is 2. The van der Waals surface area contributed by atoms with Crippen molar-refractivity contribution in [1.82, 2.24) is 16.0 Å². The van der Waals surface area contributed by atoms with E-state index in [-0.39, 0.29) is 18.2 Å². The van der Waals surface area contributed by atoms with Crippen molar-refractivity contribution in [2.45, 2.75) is 69.9 Å². The second kappa shape index (κ2) is 8.34. The van der Waals surface area contributed by atoms with Gasteiger partial charge in [0.05, 0.1) is 6.10 Å². The van der Waals surface area contributed by atoms with Crippen LogP contribution >= 0.6 is 0 Å². The first-order valence-electron chi connectivity index (χ1n) is 9.65.